The van der Waals surface area contributed by atoms with Crippen LogP contribution in [-0.4, -0.2) is 9.97 Å². The number of hydrogen-bond acceptors (Lipinski definition) is 6. The van der Waals surface area contributed by atoms with Crippen molar-refractivity contribution in [2.45, 2.75) is 25.3 Å². The van der Waals surface area contributed by atoms with E-state index in [9.17, 15) is 0 Å². The molecule has 6 N–H and O–H groups in total. The molecule has 1 aliphatic rings. The van der Waals surface area contributed by atoms with Gasteiger partial charge in [0.05, 0.1) is 6.04 Å². The summed E-state index contributed by atoms with van der Waals surface area (Å²) < 4.78 is 0. The van der Waals surface area contributed by atoms with Crippen LogP contribution in [0, 0.1) is 0 Å². The zero-order valence-electron chi connectivity index (χ0n) is 11.2. The third-order valence-electron chi connectivity index (χ3n) is 3.81. The summed E-state index contributed by atoms with van der Waals surface area (Å²) in [6.07, 6.45) is 4.53. The minimum atomic E-state index is 0.0662. The van der Waals surface area contributed by atoms with E-state index < -0.39 is 0 Å². The molecule has 104 valence electrons. The number of hydrogen-bond donors (Lipinski definition) is 3. The predicted octanol–water partition coefficient (Wildman–Crippen LogP) is 1.40. The molecular weight excluding hydrogens is 252 g/mol. The van der Waals surface area contributed by atoms with Gasteiger partial charge in [-0.1, -0.05) is 24.3 Å². The third-order valence-corrected chi connectivity index (χ3v) is 3.81. The van der Waals surface area contributed by atoms with Crippen LogP contribution in [0.5, 0.6) is 0 Å². The molecule has 1 unspecified atom stereocenters. The van der Waals surface area contributed by atoms with E-state index in [1.54, 1.807) is 5.01 Å². The molecule has 0 saturated heterocycles. The Morgan fingerprint density at radius 1 is 1.15 bits per heavy atom. The van der Waals surface area contributed by atoms with Gasteiger partial charge in [0.2, 0.25) is 0 Å². The lowest BCUT2D eigenvalue weighted by molar-refractivity contribution is 0.525. The zero-order valence-corrected chi connectivity index (χ0v) is 11.2. The Morgan fingerprint density at radius 2 is 1.95 bits per heavy atom. The Labute approximate surface area is 117 Å². The predicted molar refractivity (Wildman–Crippen MR) is 79.6 cm³/mol. The lowest BCUT2D eigenvalue weighted by Crippen LogP contribution is -2.38. The highest BCUT2D eigenvalue weighted by atomic mass is 15.5. The van der Waals surface area contributed by atoms with E-state index in [0.717, 1.165) is 19.3 Å². The fourth-order valence-electron chi connectivity index (χ4n) is 2.77. The second kappa shape index (κ2) is 4.97. The van der Waals surface area contributed by atoms with E-state index >= 15 is 0 Å². The van der Waals surface area contributed by atoms with E-state index in [1.165, 1.54) is 17.5 Å². The summed E-state index contributed by atoms with van der Waals surface area (Å²) in [5, 5.41) is 1.62. The van der Waals surface area contributed by atoms with E-state index in [1.807, 2.05) is 6.07 Å². The number of hydrazine groups is 1. The number of rotatable bonds is 2. The molecule has 2 aromatic rings. The second-order valence-electron chi connectivity index (χ2n) is 5.01. The van der Waals surface area contributed by atoms with Crippen molar-refractivity contribution in [2.75, 3.05) is 16.5 Å². The van der Waals surface area contributed by atoms with Crippen LogP contribution in [0.3, 0.4) is 0 Å². The number of benzene rings is 1. The fraction of sp³-hybridized carbons (Fsp3) is 0.286. The van der Waals surface area contributed by atoms with Crippen LogP contribution in [0.25, 0.3) is 0 Å². The number of nitrogens with two attached hydrogens (primary N) is 3. The minimum absolute atomic E-state index is 0.0662. The molecule has 1 aromatic carbocycles. The summed E-state index contributed by atoms with van der Waals surface area (Å²) in [5.74, 6) is 7.01. The van der Waals surface area contributed by atoms with E-state index in [-0.39, 0.29) is 11.9 Å². The van der Waals surface area contributed by atoms with Crippen molar-refractivity contribution in [3.63, 3.8) is 0 Å². The largest absolute Gasteiger partial charge is 0.393 e. The Morgan fingerprint density at radius 3 is 2.80 bits per heavy atom. The van der Waals surface area contributed by atoms with Gasteiger partial charge in [0.15, 0.2) is 11.6 Å². The number of nitrogens with zero attached hydrogens (tertiary/aromatic N) is 3. The summed E-state index contributed by atoms with van der Waals surface area (Å²) in [6.45, 7) is 0. The molecule has 6 heteroatoms. The highest BCUT2D eigenvalue weighted by molar-refractivity contribution is 5.73. The summed E-state index contributed by atoms with van der Waals surface area (Å²) in [6, 6.07) is 8.41. The molecule has 0 aliphatic heterocycles. The first-order valence-electron chi connectivity index (χ1n) is 6.66. The van der Waals surface area contributed by atoms with Gasteiger partial charge in [-0.15, -0.1) is 0 Å². The van der Waals surface area contributed by atoms with Crippen LogP contribution in [0.4, 0.5) is 17.3 Å². The van der Waals surface area contributed by atoms with Crippen molar-refractivity contribution in [1.29, 1.82) is 0 Å². The molecule has 1 aliphatic carbocycles. The number of fused-ring (bicyclic) bond motifs is 1. The molecule has 0 bridgehead atoms. The molecule has 1 atom stereocenters. The van der Waals surface area contributed by atoms with Crippen LogP contribution >= 0.6 is 0 Å². The fourth-order valence-corrected chi connectivity index (χ4v) is 2.77. The quantitative estimate of drug-likeness (QED) is 0.562. The van der Waals surface area contributed by atoms with Gasteiger partial charge >= 0.3 is 0 Å². The van der Waals surface area contributed by atoms with Crippen LogP contribution < -0.4 is 22.3 Å². The van der Waals surface area contributed by atoms with Crippen LogP contribution in [0.1, 0.15) is 30.0 Å². The Hall–Kier alpha value is -2.34. The molecule has 0 radical (unpaired) electrons. The van der Waals surface area contributed by atoms with Gasteiger partial charge in [0.25, 0.3) is 0 Å². The van der Waals surface area contributed by atoms with Gasteiger partial charge in [0.1, 0.15) is 12.0 Å². The first-order valence-corrected chi connectivity index (χ1v) is 6.66. The summed E-state index contributed by atoms with van der Waals surface area (Å²) >= 11 is 0. The Kier molecular flexibility index (Phi) is 3.15. The number of nitrogen functional groups attached to an aromatic ring is 2. The van der Waals surface area contributed by atoms with Gasteiger partial charge in [-0.05, 0) is 30.4 Å². The first-order chi connectivity index (χ1) is 9.68. The van der Waals surface area contributed by atoms with Crippen LogP contribution in [-0.2, 0) is 6.42 Å². The van der Waals surface area contributed by atoms with E-state index in [4.69, 9.17) is 17.3 Å². The molecule has 1 aromatic heterocycles. The molecule has 3 rings (SSSR count). The van der Waals surface area contributed by atoms with Crippen molar-refractivity contribution in [1.82, 2.24) is 9.97 Å². The van der Waals surface area contributed by atoms with E-state index in [2.05, 4.69) is 28.2 Å². The normalized spacial score (nSPS) is 17.6. The summed E-state index contributed by atoms with van der Waals surface area (Å²) in [4.78, 5) is 8.04. The lowest BCUT2D eigenvalue weighted by atomic mass is 9.87. The van der Waals surface area contributed by atoms with Gasteiger partial charge < -0.3 is 11.5 Å². The molecule has 1 heterocycles. The van der Waals surface area contributed by atoms with E-state index in [0.29, 0.717) is 11.5 Å². The van der Waals surface area contributed by atoms with Gasteiger partial charge in [0, 0.05) is 0 Å². The molecular formula is C14H18N6. The molecule has 0 saturated carbocycles. The van der Waals surface area contributed by atoms with Gasteiger partial charge in [-0.3, -0.25) is 5.01 Å². The average Bonchev–Trinajstić information content (AvgIpc) is 2.49. The smallest absolute Gasteiger partial charge is 0.172 e. The Balaban J connectivity index is 2.00. The maximum atomic E-state index is 6.26. The molecule has 20 heavy (non-hydrogen) atoms. The minimum Gasteiger partial charge on any atom is -0.393 e. The van der Waals surface area contributed by atoms with Crippen LogP contribution in [0.2, 0.25) is 0 Å². The highest BCUT2D eigenvalue weighted by Gasteiger charge is 2.26. The number of anilines is 3. The van der Waals surface area contributed by atoms with Crippen molar-refractivity contribution in [3.8, 4) is 0 Å². The first kappa shape index (κ1) is 12.7. The van der Waals surface area contributed by atoms with Crippen molar-refractivity contribution in [2.24, 2.45) is 5.84 Å². The standard InChI is InChI=1S/C14H18N6/c15-12-13(16)18-8-19-14(12)20(17)11-7-3-5-9-4-1-2-6-10(9)11/h1-2,4,6,8,11H,3,5,7,15,17H2,(H2,16,18,19). The third kappa shape index (κ3) is 2.04. The SMILES string of the molecule is Nc1ncnc(N(N)C2CCCc3ccccc32)c1N. The molecule has 6 nitrogen and oxygen atoms in total. The monoisotopic (exact) mass is 270 g/mol. The lowest BCUT2D eigenvalue weighted by Gasteiger charge is -2.33. The Bertz CT molecular complexity index is 627. The summed E-state index contributed by atoms with van der Waals surface area (Å²) in [5.41, 5.74) is 14.6. The zero-order chi connectivity index (χ0) is 14.1. The summed E-state index contributed by atoms with van der Waals surface area (Å²) in [7, 11) is 0. The maximum absolute atomic E-state index is 6.26. The average molecular weight is 270 g/mol. The number of aromatic nitrogens is 2. The maximum Gasteiger partial charge on any atom is 0.172 e. The molecule has 0 spiro atoms. The second-order valence-corrected chi connectivity index (χ2v) is 5.01. The van der Waals surface area contributed by atoms with Crippen molar-refractivity contribution < 1.29 is 0 Å². The van der Waals surface area contributed by atoms with Gasteiger partial charge in [-0.25, -0.2) is 15.8 Å². The van der Waals surface area contributed by atoms with Gasteiger partial charge in [-0.2, -0.15) is 0 Å². The number of aryl methyl sites for hydroxylation is 1. The van der Waals surface area contributed by atoms with Crippen molar-refractivity contribution in [3.05, 3.63) is 41.7 Å². The molecule has 0 amide bonds. The van der Waals surface area contributed by atoms with Crippen molar-refractivity contribution >= 4 is 17.3 Å². The topological polar surface area (TPSA) is 107 Å². The highest BCUT2D eigenvalue weighted by Crippen LogP contribution is 2.36. The van der Waals surface area contributed by atoms with Crippen LogP contribution in [0.15, 0.2) is 30.6 Å². The molecule has 0 fully saturated rings.